The van der Waals surface area contributed by atoms with Crippen LogP contribution in [0.5, 0.6) is 0 Å². The van der Waals surface area contributed by atoms with Crippen LogP contribution in [0.2, 0.25) is 0 Å². The zero-order valence-corrected chi connectivity index (χ0v) is 17.6. The van der Waals surface area contributed by atoms with Crippen LogP contribution in [0, 0.1) is 0 Å². The summed E-state index contributed by atoms with van der Waals surface area (Å²) in [5.41, 5.74) is 3.17. The predicted molar refractivity (Wildman–Crippen MR) is 122 cm³/mol. The fraction of sp³-hybridized carbons (Fsp3) is 0.250. The summed E-state index contributed by atoms with van der Waals surface area (Å²) in [4.78, 5) is 36.6. The Morgan fingerprint density at radius 1 is 1.00 bits per heavy atom. The predicted octanol–water partition coefficient (Wildman–Crippen LogP) is 2.24. The number of pyridine rings is 1. The Labute approximate surface area is 185 Å². The number of hydrogen-bond acceptors (Lipinski definition) is 5. The Bertz CT molecular complexity index is 1290. The fourth-order valence-electron chi connectivity index (χ4n) is 4.05. The number of benzene rings is 1. The summed E-state index contributed by atoms with van der Waals surface area (Å²) in [6, 6.07) is 14.8. The third-order valence-corrected chi connectivity index (χ3v) is 5.91. The Hall–Kier alpha value is -3.78. The average Bonchev–Trinajstić information content (AvgIpc) is 3.32. The van der Waals surface area contributed by atoms with Gasteiger partial charge in [0.05, 0.1) is 12.2 Å². The van der Waals surface area contributed by atoms with Gasteiger partial charge in [0, 0.05) is 74.0 Å². The van der Waals surface area contributed by atoms with Gasteiger partial charge >= 0.3 is 0 Å². The second kappa shape index (κ2) is 8.76. The van der Waals surface area contributed by atoms with Crippen molar-refractivity contribution in [2.75, 3.05) is 32.7 Å². The molecule has 8 nitrogen and oxygen atoms in total. The van der Waals surface area contributed by atoms with Crippen molar-refractivity contribution in [3.63, 3.8) is 0 Å². The molecule has 1 aliphatic rings. The van der Waals surface area contributed by atoms with Gasteiger partial charge in [-0.3, -0.25) is 19.5 Å². The van der Waals surface area contributed by atoms with Gasteiger partial charge in [0.25, 0.3) is 11.5 Å². The molecule has 8 heteroatoms. The van der Waals surface area contributed by atoms with Gasteiger partial charge < -0.3 is 9.88 Å². The number of fused-ring (bicyclic) bond motifs is 1. The molecule has 0 unspecified atom stereocenters. The Balaban J connectivity index is 1.18. The zero-order valence-electron chi connectivity index (χ0n) is 17.6. The molecule has 4 aromatic rings. The van der Waals surface area contributed by atoms with E-state index in [1.165, 1.54) is 4.68 Å². The summed E-state index contributed by atoms with van der Waals surface area (Å²) >= 11 is 0. The average molecular weight is 428 g/mol. The summed E-state index contributed by atoms with van der Waals surface area (Å²) in [5, 5.41) is 5.60. The number of aromatic amines is 1. The molecular weight excluding hydrogens is 404 g/mol. The van der Waals surface area contributed by atoms with Crippen molar-refractivity contribution in [3.05, 3.63) is 83.0 Å². The molecule has 1 aliphatic heterocycles. The first-order chi connectivity index (χ1) is 15.7. The summed E-state index contributed by atoms with van der Waals surface area (Å²) in [6.45, 7) is 4.09. The van der Waals surface area contributed by atoms with Gasteiger partial charge in [0.15, 0.2) is 0 Å². The Morgan fingerprint density at radius 3 is 2.69 bits per heavy atom. The molecule has 3 aromatic heterocycles. The lowest BCUT2D eigenvalue weighted by atomic mass is 10.1. The molecule has 32 heavy (non-hydrogen) atoms. The van der Waals surface area contributed by atoms with E-state index in [0.717, 1.165) is 35.2 Å². The lowest BCUT2D eigenvalue weighted by Gasteiger charge is -2.34. The maximum Gasteiger partial charge on any atom is 0.266 e. The highest BCUT2D eigenvalue weighted by Crippen LogP contribution is 2.17. The molecule has 5 rings (SSSR count). The molecular formula is C24H24N6O2. The van der Waals surface area contributed by atoms with Crippen molar-refractivity contribution >= 4 is 16.8 Å². The minimum Gasteiger partial charge on any atom is -0.361 e. The number of carbonyl (C=O) groups excluding carboxylic acids is 1. The highest BCUT2D eigenvalue weighted by atomic mass is 16.2. The summed E-state index contributed by atoms with van der Waals surface area (Å²) in [5.74, 6) is 0.0585. The first-order valence-electron chi connectivity index (χ1n) is 10.7. The van der Waals surface area contributed by atoms with Gasteiger partial charge in [0.2, 0.25) is 0 Å². The molecule has 1 fully saturated rings. The number of nitrogens with one attached hydrogen (secondary N) is 1. The maximum absolute atomic E-state index is 12.9. The minimum absolute atomic E-state index is 0.0585. The van der Waals surface area contributed by atoms with E-state index in [1.807, 2.05) is 47.5 Å². The minimum atomic E-state index is -0.119. The number of nitrogens with zero attached hydrogens (tertiary/aromatic N) is 5. The van der Waals surface area contributed by atoms with E-state index in [4.69, 9.17) is 0 Å². The van der Waals surface area contributed by atoms with Gasteiger partial charge in [-0.15, -0.1) is 0 Å². The topological polar surface area (TPSA) is 87.1 Å². The lowest BCUT2D eigenvalue weighted by Crippen LogP contribution is -2.49. The van der Waals surface area contributed by atoms with Gasteiger partial charge in [-0.2, -0.15) is 5.10 Å². The molecule has 1 aromatic carbocycles. The number of aromatic nitrogens is 4. The van der Waals surface area contributed by atoms with Crippen molar-refractivity contribution in [1.82, 2.24) is 29.5 Å². The second-order valence-electron chi connectivity index (χ2n) is 7.94. The van der Waals surface area contributed by atoms with E-state index in [0.29, 0.717) is 31.7 Å². The van der Waals surface area contributed by atoms with Crippen LogP contribution < -0.4 is 5.56 Å². The number of carbonyl (C=O) groups is 1. The first kappa shape index (κ1) is 20.1. The van der Waals surface area contributed by atoms with Crippen LogP contribution in [0.1, 0.15) is 10.4 Å². The van der Waals surface area contributed by atoms with E-state index in [1.54, 1.807) is 24.5 Å². The van der Waals surface area contributed by atoms with Crippen LogP contribution >= 0.6 is 0 Å². The van der Waals surface area contributed by atoms with Crippen molar-refractivity contribution in [3.8, 4) is 11.3 Å². The number of rotatable bonds is 5. The van der Waals surface area contributed by atoms with E-state index < -0.39 is 0 Å². The number of amides is 1. The van der Waals surface area contributed by atoms with E-state index in [2.05, 4.69) is 20.0 Å². The largest absolute Gasteiger partial charge is 0.361 e. The van der Waals surface area contributed by atoms with Crippen molar-refractivity contribution in [2.24, 2.45) is 0 Å². The molecule has 1 N–H and O–H groups in total. The maximum atomic E-state index is 12.9. The summed E-state index contributed by atoms with van der Waals surface area (Å²) in [7, 11) is 0. The molecule has 0 saturated carbocycles. The first-order valence-corrected chi connectivity index (χ1v) is 10.7. The van der Waals surface area contributed by atoms with Crippen LogP contribution in [0.25, 0.3) is 22.2 Å². The highest BCUT2D eigenvalue weighted by Gasteiger charge is 2.22. The van der Waals surface area contributed by atoms with Crippen LogP contribution in [-0.4, -0.2) is 68.2 Å². The molecule has 0 aliphatic carbocycles. The van der Waals surface area contributed by atoms with E-state index in [9.17, 15) is 9.59 Å². The van der Waals surface area contributed by atoms with Gasteiger partial charge in [0.1, 0.15) is 0 Å². The normalized spacial score (nSPS) is 14.7. The molecule has 0 atom stereocenters. The summed E-state index contributed by atoms with van der Waals surface area (Å²) in [6.07, 6.45) is 5.33. The van der Waals surface area contributed by atoms with Crippen LogP contribution in [-0.2, 0) is 6.54 Å². The molecule has 162 valence electrons. The third kappa shape index (κ3) is 4.17. The highest BCUT2D eigenvalue weighted by molar-refractivity contribution is 5.98. The quantitative estimate of drug-likeness (QED) is 0.527. The number of H-pyrrole nitrogens is 1. The van der Waals surface area contributed by atoms with Crippen molar-refractivity contribution < 1.29 is 4.79 Å². The van der Waals surface area contributed by atoms with Crippen molar-refractivity contribution in [2.45, 2.75) is 6.54 Å². The molecule has 1 saturated heterocycles. The Morgan fingerprint density at radius 2 is 1.88 bits per heavy atom. The second-order valence-corrected chi connectivity index (χ2v) is 7.94. The van der Waals surface area contributed by atoms with Gasteiger partial charge in [-0.25, -0.2) is 4.68 Å². The smallest absolute Gasteiger partial charge is 0.266 e. The summed E-state index contributed by atoms with van der Waals surface area (Å²) < 4.78 is 1.51. The lowest BCUT2D eigenvalue weighted by molar-refractivity contribution is 0.0631. The van der Waals surface area contributed by atoms with E-state index in [-0.39, 0.29) is 11.5 Å². The third-order valence-electron chi connectivity index (χ3n) is 5.91. The van der Waals surface area contributed by atoms with Crippen LogP contribution in [0.3, 0.4) is 0 Å². The number of hydrogen-bond donors (Lipinski definition) is 1. The Kier molecular flexibility index (Phi) is 5.51. The SMILES string of the molecule is O=C(c1ccc2cc[nH]c2c1)N1CCN(CCn2nc(-c3cccnc3)ccc2=O)CC1. The molecule has 0 radical (unpaired) electrons. The fourth-order valence-corrected chi connectivity index (χ4v) is 4.05. The van der Waals surface area contributed by atoms with Crippen LogP contribution in [0.4, 0.5) is 0 Å². The number of piperazine rings is 1. The van der Waals surface area contributed by atoms with Crippen LogP contribution in [0.15, 0.2) is 71.9 Å². The molecule has 4 heterocycles. The van der Waals surface area contributed by atoms with E-state index >= 15 is 0 Å². The standard InChI is InChI=1S/C24H24N6O2/c31-23-6-5-21(20-2-1-8-25-17-20)27-30(23)15-12-28-10-13-29(14-11-28)24(32)19-4-3-18-7-9-26-22(18)16-19/h1-9,16-17,26H,10-15H2. The molecule has 0 spiro atoms. The molecule has 0 bridgehead atoms. The molecule has 1 amide bonds. The monoisotopic (exact) mass is 428 g/mol. The zero-order chi connectivity index (χ0) is 21.9. The van der Waals surface area contributed by atoms with Gasteiger partial charge in [-0.05, 0) is 41.8 Å². The van der Waals surface area contributed by atoms with Gasteiger partial charge in [-0.1, -0.05) is 6.07 Å². The van der Waals surface area contributed by atoms with Crippen molar-refractivity contribution in [1.29, 1.82) is 0 Å².